The Labute approximate surface area is 193 Å². The highest BCUT2D eigenvalue weighted by molar-refractivity contribution is 5.85. The lowest BCUT2D eigenvalue weighted by atomic mass is 9.68. The molecule has 0 unspecified atom stereocenters. The summed E-state index contributed by atoms with van der Waals surface area (Å²) >= 11 is 0. The van der Waals surface area contributed by atoms with E-state index in [1.54, 1.807) is 0 Å². The molecule has 0 saturated heterocycles. The zero-order valence-corrected chi connectivity index (χ0v) is 20.0. The van der Waals surface area contributed by atoms with Crippen LogP contribution in [0.25, 0.3) is 10.8 Å². The summed E-state index contributed by atoms with van der Waals surface area (Å²) in [5.74, 6) is 1.75. The second-order valence-electron chi connectivity index (χ2n) is 10.4. The van der Waals surface area contributed by atoms with Crippen molar-refractivity contribution < 1.29 is 8.78 Å². The summed E-state index contributed by atoms with van der Waals surface area (Å²) in [5.41, 5.74) is 1.73. The van der Waals surface area contributed by atoms with Gasteiger partial charge in [-0.2, -0.15) is 0 Å². The highest BCUT2D eigenvalue weighted by atomic mass is 19.2. The fraction of sp³-hybridized carbons (Fsp3) is 0.600. The van der Waals surface area contributed by atoms with Gasteiger partial charge in [-0.3, -0.25) is 0 Å². The van der Waals surface area contributed by atoms with E-state index in [0.29, 0.717) is 23.3 Å². The van der Waals surface area contributed by atoms with Crippen molar-refractivity contribution in [1.29, 1.82) is 0 Å². The summed E-state index contributed by atoms with van der Waals surface area (Å²) in [4.78, 5) is 0. The van der Waals surface area contributed by atoms with E-state index < -0.39 is 11.6 Å². The van der Waals surface area contributed by atoms with E-state index >= 15 is 0 Å². The normalized spacial score (nSPS) is 26.8. The summed E-state index contributed by atoms with van der Waals surface area (Å²) in [7, 11) is 0. The van der Waals surface area contributed by atoms with Crippen LogP contribution in [0.15, 0.2) is 36.4 Å². The van der Waals surface area contributed by atoms with Crippen molar-refractivity contribution in [3.05, 3.63) is 59.2 Å². The van der Waals surface area contributed by atoms with E-state index in [-0.39, 0.29) is 0 Å². The first-order valence-corrected chi connectivity index (χ1v) is 13.1. The second-order valence-corrected chi connectivity index (χ2v) is 10.4. The molecule has 2 fully saturated rings. The first-order chi connectivity index (χ1) is 15.6. The van der Waals surface area contributed by atoms with Crippen LogP contribution in [-0.4, -0.2) is 0 Å². The van der Waals surface area contributed by atoms with Gasteiger partial charge < -0.3 is 0 Å². The van der Waals surface area contributed by atoms with Gasteiger partial charge in [0.15, 0.2) is 11.6 Å². The summed E-state index contributed by atoms with van der Waals surface area (Å²) < 4.78 is 29.6. The number of rotatable bonds is 7. The summed E-state index contributed by atoms with van der Waals surface area (Å²) in [5, 5.41) is 1.30. The van der Waals surface area contributed by atoms with Gasteiger partial charge in [0.25, 0.3) is 0 Å². The number of halogens is 2. The second kappa shape index (κ2) is 10.9. The molecule has 2 aliphatic carbocycles. The van der Waals surface area contributed by atoms with Crippen molar-refractivity contribution in [2.24, 2.45) is 17.8 Å². The van der Waals surface area contributed by atoms with E-state index in [4.69, 9.17) is 0 Å². The topological polar surface area (TPSA) is 0 Å². The Morgan fingerprint density at radius 2 is 1.53 bits per heavy atom. The number of allylic oxidation sites excluding steroid dienone is 2. The maximum absolute atomic E-state index is 14.9. The molecule has 2 aromatic carbocycles. The fourth-order valence-corrected chi connectivity index (χ4v) is 6.41. The SMILES string of the molecule is C/C=C/C1CCC(C2CCC(c3ccc4cc(CCCCC)c(F)c(F)c4c3)CC2)CC1. The van der Waals surface area contributed by atoms with Crippen LogP contribution >= 0.6 is 0 Å². The van der Waals surface area contributed by atoms with Crippen LogP contribution in [0.1, 0.15) is 102 Å². The quantitative estimate of drug-likeness (QED) is 0.298. The maximum atomic E-state index is 14.9. The minimum absolute atomic E-state index is 0.462. The van der Waals surface area contributed by atoms with Gasteiger partial charge >= 0.3 is 0 Å². The zero-order chi connectivity index (χ0) is 22.5. The van der Waals surface area contributed by atoms with Crippen molar-refractivity contribution >= 4 is 10.8 Å². The molecule has 2 aliphatic rings. The molecule has 0 heterocycles. The smallest absolute Gasteiger partial charge is 0.166 e. The lowest BCUT2D eigenvalue weighted by Crippen LogP contribution is -2.25. The highest BCUT2D eigenvalue weighted by Crippen LogP contribution is 2.44. The molecule has 0 atom stereocenters. The van der Waals surface area contributed by atoms with Crippen LogP contribution in [0.3, 0.4) is 0 Å². The van der Waals surface area contributed by atoms with Crippen molar-refractivity contribution in [3.8, 4) is 0 Å². The molecule has 0 nitrogen and oxygen atoms in total. The van der Waals surface area contributed by atoms with Crippen LogP contribution < -0.4 is 0 Å². The molecule has 0 radical (unpaired) electrons. The van der Waals surface area contributed by atoms with Crippen LogP contribution in [-0.2, 0) is 6.42 Å². The lowest BCUT2D eigenvalue weighted by Gasteiger charge is -2.37. The van der Waals surface area contributed by atoms with Crippen LogP contribution in [0, 0.1) is 29.4 Å². The van der Waals surface area contributed by atoms with E-state index in [9.17, 15) is 8.78 Å². The highest BCUT2D eigenvalue weighted by Gasteiger charge is 2.31. The molecule has 32 heavy (non-hydrogen) atoms. The minimum atomic E-state index is -0.651. The van der Waals surface area contributed by atoms with E-state index in [2.05, 4.69) is 32.1 Å². The predicted octanol–water partition coefficient (Wildman–Crippen LogP) is 9.51. The van der Waals surface area contributed by atoms with Gasteiger partial charge in [-0.05, 0) is 123 Å². The first kappa shape index (κ1) is 23.5. The molecular weight excluding hydrogens is 398 g/mol. The van der Waals surface area contributed by atoms with Gasteiger partial charge in [0.2, 0.25) is 0 Å². The third-order valence-corrected chi connectivity index (χ3v) is 8.36. The molecule has 0 aromatic heterocycles. The Balaban J connectivity index is 1.40. The molecule has 0 aliphatic heterocycles. The number of aryl methyl sites for hydroxylation is 1. The number of unbranched alkanes of at least 4 members (excludes halogenated alkanes) is 2. The average Bonchev–Trinajstić information content (AvgIpc) is 2.83. The Bertz CT molecular complexity index is 912. The van der Waals surface area contributed by atoms with Gasteiger partial charge in [0.1, 0.15) is 0 Å². The van der Waals surface area contributed by atoms with E-state index in [1.165, 1.54) is 56.9 Å². The number of benzene rings is 2. The predicted molar refractivity (Wildman–Crippen MR) is 132 cm³/mol. The molecule has 0 N–H and O–H groups in total. The Kier molecular flexibility index (Phi) is 8.02. The van der Waals surface area contributed by atoms with Crippen molar-refractivity contribution in [2.75, 3.05) is 0 Å². The van der Waals surface area contributed by atoms with Crippen LogP contribution in [0.2, 0.25) is 0 Å². The van der Waals surface area contributed by atoms with Crippen molar-refractivity contribution in [1.82, 2.24) is 0 Å². The van der Waals surface area contributed by atoms with E-state index in [0.717, 1.165) is 42.4 Å². The van der Waals surface area contributed by atoms with Crippen molar-refractivity contribution in [3.63, 3.8) is 0 Å². The number of hydrogen-bond donors (Lipinski definition) is 0. The number of hydrogen-bond acceptors (Lipinski definition) is 0. The molecule has 4 rings (SSSR count). The molecule has 2 heteroatoms. The molecule has 174 valence electrons. The van der Waals surface area contributed by atoms with Gasteiger partial charge in [0.05, 0.1) is 0 Å². The zero-order valence-electron chi connectivity index (χ0n) is 20.0. The molecule has 2 aromatic rings. The van der Waals surface area contributed by atoms with Gasteiger partial charge in [-0.1, -0.05) is 44.1 Å². The molecule has 0 amide bonds. The molecule has 2 saturated carbocycles. The average molecular weight is 439 g/mol. The monoisotopic (exact) mass is 438 g/mol. The minimum Gasteiger partial charge on any atom is -0.203 e. The van der Waals surface area contributed by atoms with Gasteiger partial charge in [0, 0.05) is 5.39 Å². The van der Waals surface area contributed by atoms with Crippen LogP contribution in [0.4, 0.5) is 8.78 Å². The third kappa shape index (κ3) is 5.26. The third-order valence-electron chi connectivity index (χ3n) is 8.36. The standard InChI is InChI=1S/C30H40F2/c1-3-5-6-8-27-19-26-18-17-25(20-28(26)30(32)29(27)31)24-15-13-23(14-16-24)22-11-9-21(7-4-2)10-12-22/h4,7,17-24H,3,5-6,8-16H2,1-2H3/b7-4+. The number of fused-ring (bicyclic) bond motifs is 1. The van der Waals surface area contributed by atoms with Crippen LogP contribution in [0.5, 0.6) is 0 Å². The Morgan fingerprint density at radius 1 is 0.844 bits per heavy atom. The van der Waals surface area contributed by atoms with E-state index in [1.807, 2.05) is 18.2 Å². The molecular formula is C30H40F2. The largest absolute Gasteiger partial charge is 0.203 e. The maximum Gasteiger partial charge on any atom is 0.166 e. The molecule has 0 spiro atoms. The summed E-state index contributed by atoms with van der Waals surface area (Å²) in [6, 6.07) is 8.00. The first-order valence-electron chi connectivity index (χ1n) is 13.1. The fourth-order valence-electron chi connectivity index (χ4n) is 6.41. The Morgan fingerprint density at radius 3 is 2.19 bits per heavy atom. The van der Waals surface area contributed by atoms with Gasteiger partial charge in [-0.25, -0.2) is 8.78 Å². The van der Waals surface area contributed by atoms with Gasteiger partial charge in [-0.15, -0.1) is 0 Å². The van der Waals surface area contributed by atoms with Crippen molar-refractivity contribution in [2.45, 2.75) is 96.8 Å². The summed E-state index contributed by atoms with van der Waals surface area (Å²) in [6.45, 7) is 4.26. The Hall–Kier alpha value is -1.70. The lowest BCUT2D eigenvalue weighted by molar-refractivity contribution is 0.171. The molecule has 0 bridgehead atoms. The summed E-state index contributed by atoms with van der Waals surface area (Å²) in [6.07, 6.45) is 18.7.